The quantitative estimate of drug-likeness (QED) is 0.876. The van der Waals surface area contributed by atoms with Crippen LogP contribution >= 0.6 is 0 Å². The van der Waals surface area contributed by atoms with Crippen molar-refractivity contribution in [1.29, 1.82) is 0 Å². The molecule has 0 aromatic heterocycles. The minimum Gasteiger partial charge on any atom is -0.302 e. The highest BCUT2D eigenvalue weighted by molar-refractivity contribution is 7.89. The number of hydrogen-bond donors (Lipinski definition) is 1. The maximum absolute atomic E-state index is 12.1. The number of rotatable bonds is 6. The highest BCUT2D eigenvalue weighted by atomic mass is 32.2. The van der Waals surface area contributed by atoms with Crippen molar-refractivity contribution in [3.05, 3.63) is 30.3 Å². The molecule has 1 fully saturated rings. The number of likely N-dealkylation sites (N-methyl/N-ethyl adjacent to an activating group) is 1. The second kappa shape index (κ2) is 7.20. The van der Waals surface area contributed by atoms with Gasteiger partial charge in [-0.15, -0.1) is 0 Å². The summed E-state index contributed by atoms with van der Waals surface area (Å²) in [6, 6.07) is 9.15. The largest absolute Gasteiger partial charge is 0.302 e. The van der Waals surface area contributed by atoms with Crippen molar-refractivity contribution in [2.75, 3.05) is 20.1 Å². The van der Waals surface area contributed by atoms with E-state index in [0.717, 1.165) is 6.54 Å². The molecule has 1 N–H and O–H groups in total. The van der Waals surface area contributed by atoms with Crippen LogP contribution in [0.4, 0.5) is 0 Å². The van der Waals surface area contributed by atoms with Crippen LogP contribution in [0.15, 0.2) is 35.2 Å². The molecule has 0 aliphatic heterocycles. The van der Waals surface area contributed by atoms with Gasteiger partial charge in [0.25, 0.3) is 0 Å². The lowest BCUT2D eigenvalue weighted by atomic mass is 9.94. The fourth-order valence-electron chi connectivity index (χ4n) is 2.74. The third-order valence-electron chi connectivity index (χ3n) is 4.01. The first-order chi connectivity index (χ1) is 9.59. The van der Waals surface area contributed by atoms with Crippen LogP contribution < -0.4 is 4.72 Å². The first-order valence-corrected chi connectivity index (χ1v) is 8.83. The van der Waals surface area contributed by atoms with Crippen LogP contribution in [0.1, 0.15) is 32.1 Å². The molecular formula is C15H24N2O2S. The highest BCUT2D eigenvalue weighted by Crippen LogP contribution is 2.21. The van der Waals surface area contributed by atoms with E-state index in [1.165, 1.54) is 32.1 Å². The molecule has 0 amide bonds. The summed E-state index contributed by atoms with van der Waals surface area (Å²) in [6.07, 6.45) is 6.41. The van der Waals surface area contributed by atoms with Gasteiger partial charge in [-0.1, -0.05) is 37.5 Å². The molecule has 0 heterocycles. The third-order valence-corrected chi connectivity index (χ3v) is 5.49. The minimum absolute atomic E-state index is 0.334. The Hall–Kier alpha value is -0.910. The van der Waals surface area contributed by atoms with Gasteiger partial charge in [-0.25, -0.2) is 13.1 Å². The number of nitrogens with zero attached hydrogens (tertiary/aromatic N) is 1. The summed E-state index contributed by atoms with van der Waals surface area (Å²) in [5.41, 5.74) is 0. The zero-order valence-corrected chi connectivity index (χ0v) is 12.9. The van der Waals surface area contributed by atoms with E-state index in [9.17, 15) is 8.42 Å². The minimum atomic E-state index is -3.36. The van der Waals surface area contributed by atoms with Crippen molar-refractivity contribution in [3.63, 3.8) is 0 Å². The summed E-state index contributed by atoms with van der Waals surface area (Å²) in [6.45, 7) is 1.22. The number of sulfonamides is 1. The molecule has 20 heavy (non-hydrogen) atoms. The molecule has 1 saturated carbocycles. The Morgan fingerprint density at radius 3 is 2.45 bits per heavy atom. The van der Waals surface area contributed by atoms with E-state index in [0.29, 0.717) is 17.5 Å². The summed E-state index contributed by atoms with van der Waals surface area (Å²) in [4.78, 5) is 2.62. The van der Waals surface area contributed by atoms with Gasteiger partial charge in [0.2, 0.25) is 10.0 Å². The molecule has 0 spiro atoms. The highest BCUT2D eigenvalue weighted by Gasteiger charge is 2.18. The van der Waals surface area contributed by atoms with Gasteiger partial charge in [-0.3, -0.25) is 0 Å². The second-order valence-corrected chi connectivity index (χ2v) is 7.25. The van der Waals surface area contributed by atoms with Gasteiger partial charge >= 0.3 is 0 Å². The average molecular weight is 296 g/mol. The summed E-state index contributed by atoms with van der Waals surface area (Å²) in [5.74, 6) is 0. The SMILES string of the molecule is CN(CCNS(=O)(=O)c1ccccc1)C1CCCCC1. The van der Waals surface area contributed by atoms with E-state index >= 15 is 0 Å². The van der Waals surface area contributed by atoms with Crippen LogP contribution in [0.2, 0.25) is 0 Å². The van der Waals surface area contributed by atoms with Crippen LogP contribution in [0.25, 0.3) is 0 Å². The molecule has 1 aromatic rings. The predicted molar refractivity (Wildman–Crippen MR) is 81.1 cm³/mol. The standard InChI is InChI=1S/C15H24N2O2S/c1-17(14-8-4-2-5-9-14)13-12-16-20(18,19)15-10-6-3-7-11-15/h3,6-7,10-11,14,16H,2,4-5,8-9,12-13H2,1H3. The Labute approximate surface area is 122 Å². The Morgan fingerprint density at radius 1 is 1.15 bits per heavy atom. The summed E-state index contributed by atoms with van der Waals surface area (Å²) in [7, 11) is -1.27. The summed E-state index contributed by atoms with van der Waals surface area (Å²) < 4.78 is 26.8. The van der Waals surface area contributed by atoms with E-state index in [1.807, 2.05) is 6.07 Å². The van der Waals surface area contributed by atoms with Gasteiger partial charge < -0.3 is 4.90 Å². The number of benzene rings is 1. The lowest BCUT2D eigenvalue weighted by Gasteiger charge is -2.31. The molecule has 0 atom stereocenters. The molecule has 1 aromatic carbocycles. The van der Waals surface area contributed by atoms with Crippen molar-refractivity contribution in [2.24, 2.45) is 0 Å². The van der Waals surface area contributed by atoms with E-state index in [1.54, 1.807) is 24.3 Å². The van der Waals surface area contributed by atoms with Crippen LogP contribution in [-0.4, -0.2) is 39.5 Å². The first kappa shape index (κ1) is 15.5. The van der Waals surface area contributed by atoms with Gasteiger partial charge in [0.1, 0.15) is 0 Å². The molecule has 4 nitrogen and oxygen atoms in total. The second-order valence-electron chi connectivity index (χ2n) is 5.48. The Bertz CT molecular complexity index is 496. The number of hydrogen-bond acceptors (Lipinski definition) is 3. The van der Waals surface area contributed by atoms with Gasteiger partial charge in [0.05, 0.1) is 4.90 Å². The lowest BCUT2D eigenvalue weighted by Crippen LogP contribution is -2.39. The van der Waals surface area contributed by atoms with Crippen molar-refractivity contribution in [2.45, 2.75) is 43.0 Å². The van der Waals surface area contributed by atoms with Gasteiger partial charge in [-0.05, 0) is 32.0 Å². The predicted octanol–water partition coefficient (Wildman–Crippen LogP) is 2.23. The normalized spacial score (nSPS) is 17.5. The van der Waals surface area contributed by atoms with Gasteiger partial charge in [0, 0.05) is 19.1 Å². The molecule has 5 heteroatoms. The Morgan fingerprint density at radius 2 is 1.80 bits per heavy atom. The summed E-state index contributed by atoms with van der Waals surface area (Å²) >= 11 is 0. The molecule has 2 rings (SSSR count). The Balaban J connectivity index is 1.80. The first-order valence-electron chi connectivity index (χ1n) is 7.34. The molecule has 1 aliphatic carbocycles. The maximum Gasteiger partial charge on any atom is 0.240 e. The molecule has 0 bridgehead atoms. The zero-order valence-electron chi connectivity index (χ0n) is 12.1. The molecule has 112 valence electrons. The number of nitrogens with one attached hydrogen (secondary N) is 1. The van der Waals surface area contributed by atoms with Crippen LogP contribution in [0.5, 0.6) is 0 Å². The van der Waals surface area contributed by atoms with Gasteiger partial charge in [0.15, 0.2) is 0 Å². The fourth-order valence-corrected chi connectivity index (χ4v) is 3.79. The van der Waals surface area contributed by atoms with Crippen LogP contribution in [0, 0.1) is 0 Å². The van der Waals surface area contributed by atoms with Crippen molar-refractivity contribution in [3.8, 4) is 0 Å². The molecule has 0 saturated heterocycles. The zero-order chi connectivity index (χ0) is 14.4. The summed E-state index contributed by atoms with van der Waals surface area (Å²) in [5, 5.41) is 0. The maximum atomic E-state index is 12.1. The topological polar surface area (TPSA) is 49.4 Å². The van der Waals surface area contributed by atoms with Crippen LogP contribution in [0.3, 0.4) is 0 Å². The average Bonchev–Trinajstić information content (AvgIpc) is 2.49. The van der Waals surface area contributed by atoms with Crippen LogP contribution in [-0.2, 0) is 10.0 Å². The van der Waals surface area contributed by atoms with E-state index in [-0.39, 0.29) is 0 Å². The fraction of sp³-hybridized carbons (Fsp3) is 0.600. The molecule has 1 aliphatic rings. The lowest BCUT2D eigenvalue weighted by molar-refractivity contribution is 0.195. The Kier molecular flexibility index (Phi) is 5.57. The van der Waals surface area contributed by atoms with Crippen molar-refractivity contribution in [1.82, 2.24) is 9.62 Å². The van der Waals surface area contributed by atoms with E-state index < -0.39 is 10.0 Å². The smallest absolute Gasteiger partial charge is 0.240 e. The van der Waals surface area contributed by atoms with E-state index in [4.69, 9.17) is 0 Å². The molecule has 0 radical (unpaired) electrons. The van der Waals surface area contributed by atoms with Crippen molar-refractivity contribution >= 4 is 10.0 Å². The molecule has 0 unspecified atom stereocenters. The van der Waals surface area contributed by atoms with Gasteiger partial charge in [-0.2, -0.15) is 0 Å². The molecular weight excluding hydrogens is 272 g/mol. The monoisotopic (exact) mass is 296 g/mol. The van der Waals surface area contributed by atoms with Crippen molar-refractivity contribution < 1.29 is 8.42 Å². The third kappa shape index (κ3) is 4.30. The van der Waals surface area contributed by atoms with E-state index in [2.05, 4.69) is 16.7 Å².